The normalized spacial score (nSPS) is 20.3. The Morgan fingerprint density at radius 3 is 3.05 bits per heavy atom. The summed E-state index contributed by atoms with van der Waals surface area (Å²) in [5, 5.41) is 10.6. The van der Waals surface area contributed by atoms with Crippen molar-refractivity contribution in [2.45, 2.75) is 32.6 Å². The second-order valence-electron chi connectivity index (χ2n) is 5.10. The van der Waals surface area contributed by atoms with Crippen LogP contribution in [0.25, 0.3) is 0 Å². The monoisotopic (exact) mass is 332 g/mol. The predicted molar refractivity (Wildman–Crippen MR) is 81.5 cm³/mol. The van der Waals surface area contributed by atoms with E-state index >= 15 is 0 Å². The number of nitrogens with zero attached hydrogens (tertiary/aromatic N) is 3. The Labute approximate surface area is 128 Å². The van der Waals surface area contributed by atoms with Gasteiger partial charge in [0.1, 0.15) is 5.51 Å². The molecule has 1 saturated heterocycles. The van der Waals surface area contributed by atoms with Crippen LogP contribution in [0.15, 0.2) is 5.51 Å². The smallest absolute Gasteiger partial charge is 0.230 e. The van der Waals surface area contributed by atoms with E-state index < -0.39 is 10.0 Å². The number of hydrogen-bond donors (Lipinski definition) is 1. The number of piperidine rings is 1. The molecular weight excluding hydrogens is 312 g/mol. The molecule has 0 bridgehead atoms. The van der Waals surface area contributed by atoms with E-state index in [0.717, 1.165) is 6.42 Å². The Morgan fingerprint density at radius 2 is 2.38 bits per heavy atom. The lowest BCUT2D eigenvalue weighted by molar-refractivity contribution is -0.120. The molecule has 0 spiro atoms. The molecule has 0 saturated carbocycles. The van der Waals surface area contributed by atoms with Crippen molar-refractivity contribution in [3.63, 3.8) is 0 Å². The highest BCUT2D eigenvalue weighted by Crippen LogP contribution is 2.22. The fourth-order valence-electron chi connectivity index (χ4n) is 2.30. The van der Waals surface area contributed by atoms with Gasteiger partial charge in [0.25, 0.3) is 0 Å². The van der Waals surface area contributed by atoms with Crippen LogP contribution in [0.5, 0.6) is 0 Å². The molecule has 9 heteroatoms. The lowest BCUT2D eigenvalue weighted by Gasteiger charge is -2.31. The van der Waals surface area contributed by atoms with E-state index in [4.69, 9.17) is 0 Å². The molecule has 1 amide bonds. The Bertz CT molecular complexity index is 559. The molecule has 0 aromatic carbocycles. The van der Waals surface area contributed by atoms with Gasteiger partial charge in [-0.15, -0.1) is 10.2 Å². The van der Waals surface area contributed by atoms with E-state index in [1.54, 1.807) is 0 Å². The quantitative estimate of drug-likeness (QED) is 0.848. The lowest BCUT2D eigenvalue weighted by Crippen LogP contribution is -2.44. The Kier molecular flexibility index (Phi) is 5.65. The van der Waals surface area contributed by atoms with Crippen molar-refractivity contribution in [2.24, 2.45) is 5.92 Å². The first-order valence-corrected chi connectivity index (χ1v) is 9.56. The molecule has 1 aromatic heterocycles. The molecule has 1 aliphatic heterocycles. The van der Waals surface area contributed by atoms with Crippen LogP contribution in [0, 0.1) is 5.92 Å². The van der Waals surface area contributed by atoms with Crippen molar-refractivity contribution < 1.29 is 13.2 Å². The van der Waals surface area contributed by atoms with Crippen molar-refractivity contribution in [3.05, 3.63) is 5.51 Å². The number of carbonyl (C=O) groups is 1. The van der Waals surface area contributed by atoms with Crippen LogP contribution in [0.1, 0.15) is 32.6 Å². The summed E-state index contributed by atoms with van der Waals surface area (Å²) in [5.74, 6) is -0.338. The summed E-state index contributed by atoms with van der Waals surface area (Å²) in [7, 11) is -3.25. The third kappa shape index (κ3) is 4.45. The summed E-state index contributed by atoms with van der Waals surface area (Å²) in [4.78, 5) is 12.2. The van der Waals surface area contributed by atoms with Gasteiger partial charge in [0, 0.05) is 13.1 Å². The molecule has 0 aliphatic carbocycles. The van der Waals surface area contributed by atoms with E-state index in [9.17, 15) is 13.2 Å². The zero-order valence-corrected chi connectivity index (χ0v) is 13.6. The van der Waals surface area contributed by atoms with Crippen LogP contribution in [0.3, 0.4) is 0 Å². The van der Waals surface area contributed by atoms with Gasteiger partial charge in [-0.3, -0.25) is 4.79 Å². The number of nitrogens with one attached hydrogen (secondary N) is 1. The number of anilines is 1. The second-order valence-corrected chi connectivity index (χ2v) is 8.02. The minimum Gasteiger partial charge on any atom is -0.300 e. The first kappa shape index (κ1) is 16.3. The largest absolute Gasteiger partial charge is 0.300 e. The van der Waals surface area contributed by atoms with Crippen LogP contribution in [0.4, 0.5) is 5.13 Å². The highest BCUT2D eigenvalue weighted by molar-refractivity contribution is 7.89. The average molecular weight is 332 g/mol. The van der Waals surface area contributed by atoms with Gasteiger partial charge in [0.05, 0.1) is 11.7 Å². The number of unbranched alkanes of at least 4 members (excludes halogenated alkanes) is 1. The summed E-state index contributed by atoms with van der Waals surface area (Å²) in [6.07, 6.45) is 2.90. The fourth-order valence-corrected chi connectivity index (χ4v) is 4.47. The maximum Gasteiger partial charge on any atom is 0.230 e. The van der Waals surface area contributed by atoms with Gasteiger partial charge in [0.2, 0.25) is 21.1 Å². The lowest BCUT2D eigenvalue weighted by atomic mass is 9.99. The van der Waals surface area contributed by atoms with Crippen molar-refractivity contribution >= 4 is 32.4 Å². The zero-order chi connectivity index (χ0) is 15.3. The third-order valence-electron chi connectivity index (χ3n) is 3.49. The molecule has 1 aromatic rings. The SMILES string of the molecule is CCCCS(=O)(=O)N1CCCC(C(=O)Nc2nncs2)C1. The fraction of sp³-hybridized carbons (Fsp3) is 0.750. The number of sulfonamides is 1. The third-order valence-corrected chi connectivity index (χ3v) is 6.02. The molecule has 1 unspecified atom stereocenters. The van der Waals surface area contributed by atoms with Crippen molar-refractivity contribution in [2.75, 3.05) is 24.2 Å². The molecular formula is C12H20N4O3S2. The minimum absolute atomic E-state index is 0.161. The molecule has 1 atom stereocenters. The van der Waals surface area contributed by atoms with E-state index in [-0.39, 0.29) is 24.1 Å². The predicted octanol–water partition coefficient (Wildman–Crippen LogP) is 1.32. The summed E-state index contributed by atoms with van der Waals surface area (Å²) >= 11 is 1.25. The van der Waals surface area contributed by atoms with Gasteiger partial charge in [0.15, 0.2) is 0 Å². The average Bonchev–Trinajstić information content (AvgIpc) is 2.98. The van der Waals surface area contributed by atoms with Crippen LogP contribution in [0.2, 0.25) is 0 Å². The number of rotatable bonds is 6. The molecule has 118 valence electrons. The van der Waals surface area contributed by atoms with E-state index in [0.29, 0.717) is 30.9 Å². The van der Waals surface area contributed by atoms with Crippen molar-refractivity contribution in [3.8, 4) is 0 Å². The topological polar surface area (TPSA) is 92.3 Å². The number of carbonyl (C=O) groups excluding carboxylic acids is 1. The second kappa shape index (κ2) is 7.28. The van der Waals surface area contributed by atoms with Gasteiger partial charge in [-0.2, -0.15) is 0 Å². The standard InChI is InChI=1S/C12H20N4O3S2/c1-2-3-7-21(18,19)16-6-4-5-10(8-16)11(17)14-12-15-13-9-20-12/h9-10H,2-8H2,1H3,(H,14,15,17). The van der Waals surface area contributed by atoms with Crippen LogP contribution >= 0.6 is 11.3 Å². The highest BCUT2D eigenvalue weighted by atomic mass is 32.2. The van der Waals surface area contributed by atoms with Gasteiger partial charge in [-0.05, 0) is 19.3 Å². The molecule has 2 heterocycles. The summed E-state index contributed by atoms with van der Waals surface area (Å²) < 4.78 is 25.9. The first-order chi connectivity index (χ1) is 10.0. The van der Waals surface area contributed by atoms with Gasteiger partial charge in [-0.1, -0.05) is 24.7 Å². The van der Waals surface area contributed by atoms with E-state index in [1.807, 2.05) is 6.92 Å². The summed E-state index contributed by atoms with van der Waals surface area (Å²) in [6, 6.07) is 0. The van der Waals surface area contributed by atoms with E-state index in [2.05, 4.69) is 15.5 Å². The molecule has 2 rings (SSSR count). The van der Waals surface area contributed by atoms with Gasteiger partial charge in [-0.25, -0.2) is 12.7 Å². The first-order valence-electron chi connectivity index (χ1n) is 7.08. The molecule has 1 fully saturated rings. The maximum absolute atomic E-state index is 12.2. The van der Waals surface area contributed by atoms with Gasteiger partial charge >= 0.3 is 0 Å². The summed E-state index contributed by atoms with van der Waals surface area (Å²) in [5.41, 5.74) is 1.54. The Balaban J connectivity index is 1.95. The van der Waals surface area contributed by atoms with Crippen LogP contribution < -0.4 is 5.32 Å². The highest BCUT2D eigenvalue weighted by Gasteiger charge is 2.32. The van der Waals surface area contributed by atoms with Crippen molar-refractivity contribution in [1.29, 1.82) is 0 Å². The molecule has 1 aliphatic rings. The number of hydrogen-bond acceptors (Lipinski definition) is 6. The molecule has 0 radical (unpaired) electrons. The zero-order valence-electron chi connectivity index (χ0n) is 12.0. The molecule has 1 N–H and O–H groups in total. The Morgan fingerprint density at radius 1 is 1.57 bits per heavy atom. The Hall–Kier alpha value is -1.06. The molecule has 7 nitrogen and oxygen atoms in total. The summed E-state index contributed by atoms with van der Waals surface area (Å²) in [6.45, 7) is 2.73. The minimum atomic E-state index is -3.25. The van der Waals surface area contributed by atoms with Crippen molar-refractivity contribution in [1.82, 2.24) is 14.5 Å². The van der Waals surface area contributed by atoms with Crippen LogP contribution in [-0.2, 0) is 14.8 Å². The van der Waals surface area contributed by atoms with E-state index in [1.165, 1.54) is 21.2 Å². The maximum atomic E-state index is 12.2. The number of amides is 1. The van der Waals surface area contributed by atoms with Gasteiger partial charge < -0.3 is 5.32 Å². The number of aromatic nitrogens is 2. The van der Waals surface area contributed by atoms with Crippen LogP contribution in [-0.4, -0.2) is 47.7 Å². The molecule has 21 heavy (non-hydrogen) atoms.